The summed E-state index contributed by atoms with van der Waals surface area (Å²) in [6.45, 7) is 2.93. The third-order valence-electron chi connectivity index (χ3n) is 3.19. The van der Waals surface area contributed by atoms with E-state index in [0.717, 1.165) is 13.1 Å². The highest BCUT2D eigenvalue weighted by molar-refractivity contribution is 6.29. The van der Waals surface area contributed by atoms with Gasteiger partial charge in [-0.25, -0.2) is 4.98 Å². The second-order valence-electron chi connectivity index (χ2n) is 4.26. The zero-order valence-electron chi connectivity index (χ0n) is 9.40. The van der Waals surface area contributed by atoms with Gasteiger partial charge >= 0.3 is 0 Å². The Bertz CT molecular complexity index is 320. The van der Waals surface area contributed by atoms with E-state index >= 15 is 0 Å². The maximum absolute atomic E-state index is 5.87. The van der Waals surface area contributed by atoms with Crippen LogP contribution < -0.4 is 5.73 Å². The monoisotopic (exact) mass is 239 g/mol. The van der Waals surface area contributed by atoms with Crippen LogP contribution in [0.2, 0.25) is 5.15 Å². The molecule has 3 nitrogen and oxygen atoms in total. The van der Waals surface area contributed by atoms with Gasteiger partial charge in [-0.2, -0.15) is 0 Å². The van der Waals surface area contributed by atoms with Crippen molar-refractivity contribution in [1.82, 2.24) is 9.88 Å². The van der Waals surface area contributed by atoms with E-state index in [1.165, 1.54) is 24.8 Å². The maximum Gasteiger partial charge on any atom is 0.129 e. The van der Waals surface area contributed by atoms with Crippen molar-refractivity contribution in [2.24, 2.45) is 5.73 Å². The Morgan fingerprint density at radius 1 is 1.31 bits per heavy atom. The third-order valence-corrected chi connectivity index (χ3v) is 3.41. The summed E-state index contributed by atoms with van der Waals surface area (Å²) in [7, 11) is 0. The Morgan fingerprint density at radius 2 is 2.06 bits per heavy atom. The molecule has 1 aromatic rings. The molecular formula is C12H18ClN3. The van der Waals surface area contributed by atoms with E-state index in [1.807, 2.05) is 18.3 Å². The predicted molar refractivity (Wildman–Crippen MR) is 66.5 cm³/mol. The van der Waals surface area contributed by atoms with Gasteiger partial charge in [-0.15, -0.1) is 0 Å². The van der Waals surface area contributed by atoms with Gasteiger partial charge in [0.15, 0.2) is 0 Å². The molecule has 1 unspecified atom stereocenters. The molecule has 0 amide bonds. The molecule has 16 heavy (non-hydrogen) atoms. The fourth-order valence-corrected chi connectivity index (χ4v) is 2.42. The fraction of sp³-hybridized carbons (Fsp3) is 0.583. The molecular weight excluding hydrogens is 222 g/mol. The average Bonchev–Trinajstić information content (AvgIpc) is 2.34. The van der Waals surface area contributed by atoms with Gasteiger partial charge in [0.05, 0.1) is 0 Å². The van der Waals surface area contributed by atoms with Crippen molar-refractivity contribution in [3.8, 4) is 0 Å². The van der Waals surface area contributed by atoms with Gasteiger partial charge in [-0.1, -0.05) is 24.1 Å². The lowest BCUT2D eigenvalue weighted by Crippen LogP contribution is -2.37. The first kappa shape index (κ1) is 11.8. The van der Waals surface area contributed by atoms with Gasteiger partial charge in [-0.05, 0) is 37.6 Å². The molecule has 1 aliphatic rings. The summed E-state index contributed by atoms with van der Waals surface area (Å²) in [6.07, 6.45) is 5.73. The number of rotatable bonds is 3. The van der Waals surface area contributed by atoms with Gasteiger partial charge in [-0.3, -0.25) is 4.90 Å². The van der Waals surface area contributed by atoms with Crippen LogP contribution in [0.25, 0.3) is 0 Å². The normalized spacial score (nSPS) is 19.6. The second kappa shape index (κ2) is 5.62. The van der Waals surface area contributed by atoms with E-state index in [1.54, 1.807) is 0 Å². The Morgan fingerprint density at radius 3 is 2.62 bits per heavy atom. The number of likely N-dealkylation sites (tertiary alicyclic amines) is 1. The number of nitrogens with zero attached hydrogens (tertiary/aromatic N) is 2. The molecule has 1 aliphatic heterocycles. The summed E-state index contributed by atoms with van der Waals surface area (Å²) < 4.78 is 0. The highest BCUT2D eigenvalue weighted by atomic mass is 35.5. The molecule has 1 fully saturated rings. The molecule has 1 aromatic heterocycles. The topological polar surface area (TPSA) is 42.1 Å². The van der Waals surface area contributed by atoms with E-state index in [0.29, 0.717) is 17.7 Å². The van der Waals surface area contributed by atoms with E-state index in [-0.39, 0.29) is 0 Å². The number of hydrogen-bond acceptors (Lipinski definition) is 3. The summed E-state index contributed by atoms with van der Waals surface area (Å²) in [6, 6.07) is 4.16. The molecule has 0 aliphatic carbocycles. The first-order chi connectivity index (χ1) is 7.81. The van der Waals surface area contributed by atoms with E-state index in [2.05, 4.69) is 9.88 Å². The molecule has 0 aromatic carbocycles. The van der Waals surface area contributed by atoms with Crippen molar-refractivity contribution >= 4 is 11.6 Å². The third kappa shape index (κ3) is 2.73. The van der Waals surface area contributed by atoms with Gasteiger partial charge < -0.3 is 5.73 Å². The smallest absolute Gasteiger partial charge is 0.129 e. The lowest BCUT2D eigenvalue weighted by molar-refractivity contribution is 0.167. The van der Waals surface area contributed by atoms with Gasteiger partial charge in [0.1, 0.15) is 5.15 Å². The van der Waals surface area contributed by atoms with Crippen molar-refractivity contribution in [1.29, 1.82) is 0 Å². The molecule has 0 spiro atoms. The Kier molecular flexibility index (Phi) is 4.16. The molecule has 0 radical (unpaired) electrons. The van der Waals surface area contributed by atoms with Crippen molar-refractivity contribution in [2.75, 3.05) is 19.6 Å². The fourth-order valence-electron chi connectivity index (χ4n) is 2.31. The van der Waals surface area contributed by atoms with E-state index in [4.69, 9.17) is 17.3 Å². The zero-order chi connectivity index (χ0) is 11.4. The van der Waals surface area contributed by atoms with Crippen molar-refractivity contribution in [2.45, 2.75) is 25.3 Å². The highest BCUT2D eigenvalue weighted by Gasteiger charge is 2.20. The first-order valence-electron chi connectivity index (χ1n) is 5.87. The molecule has 88 valence electrons. The molecule has 2 rings (SSSR count). The first-order valence-corrected chi connectivity index (χ1v) is 6.24. The minimum atomic E-state index is 0.296. The number of piperidine rings is 1. The summed E-state index contributed by atoms with van der Waals surface area (Å²) in [4.78, 5) is 6.58. The lowest BCUT2D eigenvalue weighted by atomic mass is 10.0. The summed E-state index contributed by atoms with van der Waals surface area (Å²) in [5.74, 6) is 0. The molecule has 4 heteroatoms. The summed E-state index contributed by atoms with van der Waals surface area (Å²) >= 11 is 5.79. The number of pyridine rings is 1. The van der Waals surface area contributed by atoms with Crippen LogP contribution in [0.5, 0.6) is 0 Å². The molecule has 2 N–H and O–H groups in total. The minimum Gasteiger partial charge on any atom is -0.329 e. The quantitative estimate of drug-likeness (QED) is 0.823. The van der Waals surface area contributed by atoms with E-state index < -0.39 is 0 Å². The van der Waals surface area contributed by atoms with Crippen LogP contribution in [0, 0.1) is 0 Å². The predicted octanol–water partition coefficient (Wildman–Crippen LogP) is 2.22. The molecule has 0 bridgehead atoms. The summed E-state index contributed by atoms with van der Waals surface area (Å²) in [5.41, 5.74) is 7.05. The molecule has 2 heterocycles. The van der Waals surface area contributed by atoms with Gasteiger partial charge in [0, 0.05) is 18.8 Å². The van der Waals surface area contributed by atoms with Crippen molar-refractivity contribution in [3.63, 3.8) is 0 Å². The van der Waals surface area contributed by atoms with E-state index in [9.17, 15) is 0 Å². The average molecular weight is 240 g/mol. The zero-order valence-corrected chi connectivity index (χ0v) is 10.2. The van der Waals surface area contributed by atoms with Crippen molar-refractivity contribution < 1.29 is 0 Å². The Balaban J connectivity index is 2.11. The molecule has 1 atom stereocenters. The number of nitrogens with two attached hydrogens (primary N) is 1. The van der Waals surface area contributed by atoms with Crippen LogP contribution in [-0.4, -0.2) is 29.5 Å². The number of hydrogen-bond donors (Lipinski definition) is 1. The van der Waals surface area contributed by atoms with Crippen LogP contribution in [0.4, 0.5) is 0 Å². The Labute approximate surface area is 102 Å². The number of aromatic nitrogens is 1. The van der Waals surface area contributed by atoms with Gasteiger partial charge in [0.2, 0.25) is 0 Å². The maximum atomic E-state index is 5.87. The SMILES string of the molecule is NCC(c1ccc(Cl)nc1)N1CCCCC1. The standard InChI is InChI=1S/C12H18ClN3/c13-12-5-4-10(9-15-12)11(8-14)16-6-2-1-3-7-16/h4-5,9,11H,1-3,6-8,14H2. The number of halogens is 1. The van der Waals surface area contributed by atoms with Crippen molar-refractivity contribution in [3.05, 3.63) is 29.0 Å². The molecule has 1 saturated heterocycles. The van der Waals surface area contributed by atoms with Crippen LogP contribution in [0.15, 0.2) is 18.3 Å². The van der Waals surface area contributed by atoms with Crippen LogP contribution in [-0.2, 0) is 0 Å². The second-order valence-corrected chi connectivity index (χ2v) is 4.65. The van der Waals surface area contributed by atoms with Crippen LogP contribution in [0.1, 0.15) is 30.9 Å². The largest absolute Gasteiger partial charge is 0.329 e. The minimum absolute atomic E-state index is 0.296. The van der Waals surface area contributed by atoms with Crippen LogP contribution >= 0.6 is 11.6 Å². The summed E-state index contributed by atoms with van der Waals surface area (Å²) in [5, 5.41) is 0.540. The van der Waals surface area contributed by atoms with Gasteiger partial charge in [0.25, 0.3) is 0 Å². The Hall–Kier alpha value is -0.640. The molecule has 0 saturated carbocycles. The lowest BCUT2D eigenvalue weighted by Gasteiger charge is -2.33. The van der Waals surface area contributed by atoms with Crippen LogP contribution in [0.3, 0.4) is 0 Å². The highest BCUT2D eigenvalue weighted by Crippen LogP contribution is 2.23.